The van der Waals surface area contributed by atoms with Crippen molar-refractivity contribution < 1.29 is 9.90 Å². The van der Waals surface area contributed by atoms with E-state index in [2.05, 4.69) is 10.2 Å². The quantitative estimate of drug-likeness (QED) is 0.720. The molecule has 0 spiro atoms. The number of carbonyl (C=O) groups is 1. The molecule has 2 N–H and O–H groups in total. The summed E-state index contributed by atoms with van der Waals surface area (Å²) in [6, 6.07) is 0. The van der Waals surface area contributed by atoms with E-state index in [4.69, 9.17) is 0 Å². The van der Waals surface area contributed by atoms with Crippen molar-refractivity contribution in [3.8, 4) is 0 Å². The number of nitrogens with one attached hydrogen (secondary N) is 1. The smallest absolute Gasteiger partial charge is 0.323 e. The molecule has 1 saturated heterocycles. The lowest BCUT2D eigenvalue weighted by Gasteiger charge is -2.31. The fraction of sp³-hybridized carbons (Fsp3) is 0.917. The Kier molecular flexibility index (Phi) is 5.22. The summed E-state index contributed by atoms with van der Waals surface area (Å²) in [6.45, 7) is 7.56. The molecule has 0 aromatic carbocycles. The van der Waals surface area contributed by atoms with E-state index in [9.17, 15) is 9.90 Å². The third-order valence-electron chi connectivity index (χ3n) is 3.42. The van der Waals surface area contributed by atoms with Crippen LogP contribution in [0.3, 0.4) is 0 Å². The van der Waals surface area contributed by atoms with Gasteiger partial charge in [-0.1, -0.05) is 13.3 Å². The molecule has 0 radical (unpaired) electrons. The van der Waals surface area contributed by atoms with E-state index >= 15 is 0 Å². The van der Waals surface area contributed by atoms with E-state index < -0.39 is 11.5 Å². The molecule has 1 aliphatic heterocycles. The van der Waals surface area contributed by atoms with E-state index in [0.717, 1.165) is 19.6 Å². The molecule has 1 unspecified atom stereocenters. The number of likely N-dealkylation sites (N-methyl/N-ethyl adjacent to an activating group) is 1. The van der Waals surface area contributed by atoms with Crippen molar-refractivity contribution in [2.24, 2.45) is 0 Å². The number of nitrogens with zero attached hydrogens (tertiary/aromatic N) is 1. The Labute approximate surface area is 98.0 Å². The van der Waals surface area contributed by atoms with Gasteiger partial charge < -0.3 is 15.3 Å². The minimum Gasteiger partial charge on any atom is -0.480 e. The van der Waals surface area contributed by atoms with Gasteiger partial charge in [0.1, 0.15) is 5.54 Å². The molecular weight excluding hydrogens is 204 g/mol. The van der Waals surface area contributed by atoms with Crippen LogP contribution in [0, 0.1) is 0 Å². The van der Waals surface area contributed by atoms with Gasteiger partial charge in [-0.25, -0.2) is 0 Å². The molecule has 0 aliphatic carbocycles. The van der Waals surface area contributed by atoms with Gasteiger partial charge in [-0.2, -0.15) is 0 Å². The van der Waals surface area contributed by atoms with Crippen LogP contribution in [0.2, 0.25) is 0 Å². The van der Waals surface area contributed by atoms with Crippen LogP contribution in [-0.2, 0) is 4.79 Å². The number of rotatable bonds is 6. The molecule has 1 aliphatic rings. The fourth-order valence-corrected chi connectivity index (χ4v) is 2.23. The zero-order valence-electron chi connectivity index (χ0n) is 10.5. The monoisotopic (exact) mass is 228 g/mol. The van der Waals surface area contributed by atoms with Crippen molar-refractivity contribution in [1.82, 2.24) is 10.2 Å². The molecule has 16 heavy (non-hydrogen) atoms. The maximum atomic E-state index is 11.2. The fourth-order valence-electron chi connectivity index (χ4n) is 2.23. The first-order valence-electron chi connectivity index (χ1n) is 6.29. The molecule has 4 nitrogen and oxygen atoms in total. The molecule has 4 heteroatoms. The Morgan fingerprint density at radius 2 is 2.00 bits per heavy atom. The topological polar surface area (TPSA) is 52.6 Å². The minimum absolute atomic E-state index is 0.677. The van der Waals surface area contributed by atoms with Crippen LogP contribution < -0.4 is 5.32 Å². The first-order chi connectivity index (χ1) is 7.58. The van der Waals surface area contributed by atoms with Gasteiger partial charge in [0.2, 0.25) is 0 Å². The summed E-state index contributed by atoms with van der Waals surface area (Å²) in [5.41, 5.74) is -0.772. The Morgan fingerprint density at radius 3 is 2.50 bits per heavy atom. The van der Waals surface area contributed by atoms with Crippen LogP contribution in [0.25, 0.3) is 0 Å². The lowest BCUT2D eigenvalue weighted by Crippen LogP contribution is -2.51. The average molecular weight is 228 g/mol. The molecule has 0 bridgehead atoms. The van der Waals surface area contributed by atoms with E-state index in [1.54, 1.807) is 6.92 Å². The van der Waals surface area contributed by atoms with Crippen LogP contribution >= 0.6 is 0 Å². The van der Waals surface area contributed by atoms with Crippen LogP contribution in [-0.4, -0.2) is 47.7 Å². The van der Waals surface area contributed by atoms with E-state index in [1.807, 2.05) is 6.92 Å². The second kappa shape index (κ2) is 6.21. The third-order valence-corrected chi connectivity index (χ3v) is 3.42. The average Bonchev–Trinajstić information content (AvgIpc) is 2.28. The summed E-state index contributed by atoms with van der Waals surface area (Å²) in [5.74, 6) is -0.744. The van der Waals surface area contributed by atoms with Crippen LogP contribution in [0.15, 0.2) is 0 Å². The highest BCUT2D eigenvalue weighted by Gasteiger charge is 2.32. The summed E-state index contributed by atoms with van der Waals surface area (Å²) in [4.78, 5) is 13.6. The third kappa shape index (κ3) is 3.76. The van der Waals surface area contributed by atoms with Crippen molar-refractivity contribution in [1.29, 1.82) is 0 Å². The Bertz CT molecular complexity index is 227. The minimum atomic E-state index is -0.772. The maximum Gasteiger partial charge on any atom is 0.323 e. The van der Waals surface area contributed by atoms with Gasteiger partial charge >= 0.3 is 5.97 Å². The number of hydrogen-bond acceptors (Lipinski definition) is 3. The first-order valence-corrected chi connectivity index (χ1v) is 6.29. The standard InChI is InChI=1S/C12H24N2O2/c1-3-13-12(2,11(15)16)7-10-14-8-5-4-6-9-14/h13H,3-10H2,1-2H3,(H,15,16). The zero-order valence-corrected chi connectivity index (χ0v) is 10.5. The zero-order chi connectivity index (χ0) is 12.0. The molecule has 0 amide bonds. The number of aliphatic carboxylic acids is 1. The Balaban J connectivity index is 2.39. The van der Waals surface area contributed by atoms with E-state index in [-0.39, 0.29) is 0 Å². The van der Waals surface area contributed by atoms with Gasteiger partial charge in [0.25, 0.3) is 0 Å². The Hall–Kier alpha value is -0.610. The van der Waals surface area contributed by atoms with E-state index in [0.29, 0.717) is 13.0 Å². The highest BCUT2D eigenvalue weighted by molar-refractivity contribution is 5.78. The van der Waals surface area contributed by atoms with Gasteiger partial charge in [0.15, 0.2) is 0 Å². The van der Waals surface area contributed by atoms with Crippen molar-refractivity contribution in [2.45, 2.75) is 45.1 Å². The van der Waals surface area contributed by atoms with Gasteiger partial charge in [0.05, 0.1) is 0 Å². The first kappa shape index (κ1) is 13.5. The van der Waals surface area contributed by atoms with Crippen molar-refractivity contribution in [3.63, 3.8) is 0 Å². The Morgan fingerprint density at radius 1 is 1.38 bits per heavy atom. The summed E-state index contributed by atoms with van der Waals surface area (Å²) in [6.07, 6.45) is 4.51. The van der Waals surface area contributed by atoms with E-state index in [1.165, 1.54) is 19.3 Å². The maximum absolute atomic E-state index is 11.2. The van der Waals surface area contributed by atoms with Crippen molar-refractivity contribution in [2.75, 3.05) is 26.2 Å². The molecular formula is C12H24N2O2. The summed E-state index contributed by atoms with van der Waals surface area (Å²) >= 11 is 0. The summed E-state index contributed by atoms with van der Waals surface area (Å²) < 4.78 is 0. The van der Waals surface area contributed by atoms with Gasteiger partial charge in [-0.05, 0) is 45.8 Å². The van der Waals surface area contributed by atoms with Crippen molar-refractivity contribution >= 4 is 5.97 Å². The summed E-state index contributed by atoms with van der Waals surface area (Å²) in [7, 11) is 0. The van der Waals surface area contributed by atoms with Gasteiger partial charge in [-0.3, -0.25) is 4.79 Å². The predicted octanol–water partition coefficient (Wildman–Crippen LogP) is 1.32. The molecule has 1 fully saturated rings. The molecule has 0 aromatic heterocycles. The normalized spacial score (nSPS) is 21.6. The number of likely N-dealkylation sites (tertiary alicyclic amines) is 1. The van der Waals surface area contributed by atoms with Crippen LogP contribution in [0.5, 0.6) is 0 Å². The van der Waals surface area contributed by atoms with Crippen LogP contribution in [0.4, 0.5) is 0 Å². The lowest BCUT2D eigenvalue weighted by atomic mass is 9.97. The number of hydrogen-bond donors (Lipinski definition) is 2. The number of carboxylic acids is 1. The second-order valence-corrected chi connectivity index (χ2v) is 4.82. The number of carboxylic acid groups (broad SMARTS) is 1. The molecule has 0 saturated carbocycles. The van der Waals surface area contributed by atoms with Crippen LogP contribution in [0.1, 0.15) is 39.5 Å². The molecule has 1 atom stereocenters. The van der Waals surface area contributed by atoms with Gasteiger partial charge in [0, 0.05) is 6.54 Å². The molecule has 1 heterocycles. The van der Waals surface area contributed by atoms with Gasteiger partial charge in [-0.15, -0.1) is 0 Å². The second-order valence-electron chi connectivity index (χ2n) is 4.82. The molecule has 94 valence electrons. The molecule has 0 aromatic rings. The predicted molar refractivity (Wildman–Crippen MR) is 64.6 cm³/mol. The highest BCUT2D eigenvalue weighted by atomic mass is 16.4. The SMILES string of the molecule is CCNC(C)(CCN1CCCCC1)C(=O)O. The molecule has 1 rings (SSSR count). The largest absolute Gasteiger partial charge is 0.480 e. The van der Waals surface area contributed by atoms with Crippen molar-refractivity contribution in [3.05, 3.63) is 0 Å². The summed E-state index contributed by atoms with van der Waals surface area (Å²) in [5, 5.41) is 12.3. The number of piperidine rings is 1. The highest BCUT2D eigenvalue weighted by Crippen LogP contribution is 2.14. The lowest BCUT2D eigenvalue weighted by molar-refractivity contribution is -0.144.